The Labute approximate surface area is 92.3 Å². The van der Waals surface area contributed by atoms with E-state index in [0.717, 1.165) is 19.6 Å². The summed E-state index contributed by atoms with van der Waals surface area (Å²) in [4.78, 5) is 2.48. The van der Waals surface area contributed by atoms with Gasteiger partial charge in [-0.15, -0.1) is 0 Å². The molecule has 1 N–H and O–H groups in total. The van der Waals surface area contributed by atoms with Crippen molar-refractivity contribution in [2.45, 2.75) is 39.3 Å². The van der Waals surface area contributed by atoms with Crippen molar-refractivity contribution < 1.29 is 0 Å². The Morgan fingerprint density at radius 2 is 2.29 bits per heavy atom. The molecule has 1 unspecified atom stereocenters. The summed E-state index contributed by atoms with van der Waals surface area (Å²) in [6.07, 6.45) is 0. The fraction of sp³-hybridized carbons (Fsp3) is 0.818. The molecule has 3 heteroatoms. The third-order valence-corrected chi connectivity index (χ3v) is 3.11. The van der Waals surface area contributed by atoms with Crippen LogP contribution < -0.4 is 5.32 Å². The fourth-order valence-corrected chi connectivity index (χ4v) is 1.91. The molecule has 0 radical (unpaired) electrons. The highest BCUT2D eigenvalue weighted by atomic mass is 35.5. The monoisotopic (exact) mass is 216 g/mol. The number of hydrogen-bond donors (Lipinski definition) is 1. The average Bonchev–Trinajstić information content (AvgIpc) is 2.11. The van der Waals surface area contributed by atoms with Crippen molar-refractivity contribution in [3.63, 3.8) is 0 Å². The van der Waals surface area contributed by atoms with Gasteiger partial charge < -0.3 is 5.32 Å². The van der Waals surface area contributed by atoms with Crippen LogP contribution in [0, 0.1) is 0 Å². The van der Waals surface area contributed by atoms with E-state index in [0.29, 0.717) is 6.04 Å². The van der Waals surface area contributed by atoms with Gasteiger partial charge in [-0.2, -0.15) is 0 Å². The molecule has 2 nitrogen and oxygen atoms in total. The summed E-state index contributed by atoms with van der Waals surface area (Å²) >= 11 is 5.69. The minimum atomic E-state index is 0.221. The second kappa shape index (κ2) is 4.65. The summed E-state index contributed by atoms with van der Waals surface area (Å²) in [5, 5.41) is 3.54. The van der Waals surface area contributed by atoms with Crippen LogP contribution in [0.5, 0.6) is 0 Å². The maximum atomic E-state index is 5.69. The highest BCUT2D eigenvalue weighted by molar-refractivity contribution is 6.25. The van der Waals surface area contributed by atoms with E-state index in [1.165, 1.54) is 5.57 Å². The molecule has 0 amide bonds. The maximum Gasteiger partial charge on any atom is 0.0253 e. The standard InChI is InChI=1S/C11H21ClN2/c1-9(5-12)7-14-8-11(3,4)13-6-10(14)2/h5,10,13H,6-8H2,1-4H3. The second-order valence-corrected chi connectivity index (χ2v) is 5.19. The van der Waals surface area contributed by atoms with Crippen LogP contribution in [0.1, 0.15) is 27.7 Å². The lowest BCUT2D eigenvalue weighted by Gasteiger charge is -2.43. The van der Waals surface area contributed by atoms with Gasteiger partial charge in [0.05, 0.1) is 0 Å². The molecule has 1 saturated heterocycles. The first-order valence-corrected chi connectivity index (χ1v) is 5.63. The van der Waals surface area contributed by atoms with Gasteiger partial charge in [0.25, 0.3) is 0 Å². The molecule has 0 aromatic rings. The summed E-state index contributed by atoms with van der Waals surface area (Å²) in [5.74, 6) is 0. The Bertz CT molecular complexity index is 223. The van der Waals surface area contributed by atoms with Crippen LogP contribution in [0.3, 0.4) is 0 Å². The second-order valence-electron chi connectivity index (χ2n) is 4.97. The quantitative estimate of drug-likeness (QED) is 0.762. The number of hydrogen-bond acceptors (Lipinski definition) is 2. The molecule has 1 aliphatic heterocycles. The van der Waals surface area contributed by atoms with Crippen LogP contribution in [0.25, 0.3) is 0 Å². The first-order valence-electron chi connectivity index (χ1n) is 5.19. The first-order chi connectivity index (χ1) is 6.44. The molecule has 1 aliphatic rings. The molecular weight excluding hydrogens is 196 g/mol. The van der Waals surface area contributed by atoms with Gasteiger partial charge in [-0.3, -0.25) is 4.90 Å². The molecule has 1 heterocycles. The molecule has 0 aromatic heterocycles. The summed E-state index contributed by atoms with van der Waals surface area (Å²) < 4.78 is 0. The Kier molecular flexibility index (Phi) is 3.99. The first kappa shape index (κ1) is 12.0. The van der Waals surface area contributed by atoms with Crippen molar-refractivity contribution in [1.82, 2.24) is 10.2 Å². The van der Waals surface area contributed by atoms with Crippen molar-refractivity contribution in [2.75, 3.05) is 19.6 Å². The van der Waals surface area contributed by atoms with Crippen LogP contribution in [0.15, 0.2) is 11.1 Å². The highest BCUT2D eigenvalue weighted by Crippen LogP contribution is 2.16. The third kappa shape index (κ3) is 3.26. The van der Waals surface area contributed by atoms with Gasteiger partial charge >= 0.3 is 0 Å². The molecule has 0 spiro atoms. The summed E-state index contributed by atoms with van der Waals surface area (Å²) in [7, 11) is 0. The predicted molar refractivity (Wildman–Crippen MR) is 62.7 cm³/mol. The molecule has 82 valence electrons. The largest absolute Gasteiger partial charge is 0.309 e. The van der Waals surface area contributed by atoms with Crippen LogP contribution in [-0.2, 0) is 0 Å². The van der Waals surface area contributed by atoms with Gasteiger partial charge in [-0.1, -0.05) is 11.6 Å². The highest BCUT2D eigenvalue weighted by Gasteiger charge is 2.29. The van der Waals surface area contributed by atoms with E-state index in [4.69, 9.17) is 11.6 Å². The van der Waals surface area contributed by atoms with E-state index in [9.17, 15) is 0 Å². The van der Waals surface area contributed by atoms with E-state index in [1.807, 2.05) is 0 Å². The van der Waals surface area contributed by atoms with E-state index >= 15 is 0 Å². The zero-order valence-corrected chi connectivity index (χ0v) is 10.4. The van der Waals surface area contributed by atoms with Gasteiger partial charge in [0, 0.05) is 36.8 Å². The molecule has 0 bridgehead atoms. The van der Waals surface area contributed by atoms with E-state index < -0.39 is 0 Å². The van der Waals surface area contributed by atoms with Crippen LogP contribution in [-0.4, -0.2) is 36.1 Å². The molecule has 14 heavy (non-hydrogen) atoms. The van der Waals surface area contributed by atoms with Crippen molar-refractivity contribution in [3.05, 3.63) is 11.1 Å². The van der Waals surface area contributed by atoms with E-state index in [1.54, 1.807) is 5.54 Å². The summed E-state index contributed by atoms with van der Waals surface area (Å²) in [6, 6.07) is 0.592. The minimum absolute atomic E-state index is 0.221. The topological polar surface area (TPSA) is 15.3 Å². The SMILES string of the molecule is CC(=CCl)CN1CC(C)(C)NCC1C. The Balaban J connectivity index is 2.57. The Morgan fingerprint density at radius 3 is 2.86 bits per heavy atom. The van der Waals surface area contributed by atoms with Gasteiger partial charge in [-0.25, -0.2) is 0 Å². The van der Waals surface area contributed by atoms with Crippen molar-refractivity contribution in [1.29, 1.82) is 0 Å². The minimum Gasteiger partial charge on any atom is -0.309 e. The van der Waals surface area contributed by atoms with Crippen molar-refractivity contribution in [3.8, 4) is 0 Å². The molecule has 1 fully saturated rings. The van der Waals surface area contributed by atoms with E-state index in [-0.39, 0.29) is 5.54 Å². The lowest BCUT2D eigenvalue weighted by atomic mass is 9.99. The number of rotatable bonds is 2. The summed E-state index contributed by atoms with van der Waals surface area (Å²) in [5.41, 5.74) is 3.14. The molecule has 0 aromatic carbocycles. The van der Waals surface area contributed by atoms with Crippen LogP contribution >= 0.6 is 11.6 Å². The maximum absolute atomic E-state index is 5.69. The lowest BCUT2D eigenvalue weighted by molar-refractivity contribution is 0.115. The average molecular weight is 217 g/mol. The van der Waals surface area contributed by atoms with Gasteiger partial charge in [0.1, 0.15) is 0 Å². The zero-order chi connectivity index (χ0) is 10.8. The predicted octanol–water partition coefficient (Wildman–Crippen LogP) is 2.20. The Morgan fingerprint density at radius 1 is 1.64 bits per heavy atom. The normalized spacial score (nSPS) is 29.2. The van der Waals surface area contributed by atoms with E-state index in [2.05, 4.69) is 37.9 Å². The molecule has 1 atom stereocenters. The number of piperazine rings is 1. The lowest BCUT2D eigenvalue weighted by Crippen LogP contribution is -2.60. The molecular formula is C11H21ClN2. The van der Waals surface area contributed by atoms with Crippen LogP contribution in [0.4, 0.5) is 0 Å². The van der Waals surface area contributed by atoms with Gasteiger partial charge in [0.15, 0.2) is 0 Å². The smallest absolute Gasteiger partial charge is 0.0253 e. The van der Waals surface area contributed by atoms with Gasteiger partial charge in [0.2, 0.25) is 0 Å². The molecule has 0 saturated carbocycles. The van der Waals surface area contributed by atoms with Crippen LogP contribution in [0.2, 0.25) is 0 Å². The van der Waals surface area contributed by atoms with Gasteiger partial charge in [-0.05, 0) is 33.3 Å². The third-order valence-electron chi connectivity index (χ3n) is 2.74. The van der Waals surface area contributed by atoms with Crippen molar-refractivity contribution in [2.24, 2.45) is 0 Å². The number of halogens is 1. The fourth-order valence-electron chi connectivity index (χ4n) is 1.84. The summed E-state index contributed by atoms with van der Waals surface area (Å²) in [6.45, 7) is 11.9. The Hall–Kier alpha value is -0.0500. The number of nitrogens with one attached hydrogen (secondary N) is 1. The molecule has 1 rings (SSSR count). The zero-order valence-electron chi connectivity index (χ0n) is 9.60. The molecule has 0 aliphatic carbocycles. The van der Waals surface area contributed by atoms with Crippen molar-refractivity contribution >= 4 is 11.6 Å². The number of nitrogens with zero attached hydrogens (tertiary/aromatic N) is 1.